The van der Waals surface area contributed by atoms with Crippen molar-refractivity contribution in [1.82, 2.24) is 15.5 Å². The summed E-state index contributed by atoms with van der Waals surface area (Å²) in [7, 11) is 1.72. The summed E-state index contributed by atoms with van der Waals surface area (Å²) in [6.45, 7) is 1.03. The van der Waals surface area contributed by atoms with Crippen LogP contribution in [0.3, 0.4) is 0 Å². The second-order valence-corrected chi connectivity index (χ2v) is 3.49. The molecule has 0 aliphatic rings. The average molecular weight is 250 g/mol. The van der Waals surface area contributed by atoms with Crippen molar-refractivity contribution in [2.75, 3.05) is 31.6 Å². The monoisotopic (exact) mass is 250 g/mol. The van der Waals surface area contributed by atoms with Crippen molar-refractivity contribution in [2.45, 2.75) is 19.4 Å². The highest BCUT2D eigenvalue weighted by molar-refractivity contribution is 5.24. The summed E-state index contributed by atoms with van der Waals surface area (Å²) >= 11 is 0. The number of halogens is 2. The Balaban J connectivity index is 2.76. The molecule has 6 nitrogen and oxygen atoms in total. The Labute approximate surface area is 97.6 Å². The number of aliphatic hydroxyl groups is 1. The molecule has 0 bridgehead atoms. The quantitative estimate of drug-likeness (QED) is 0.730. The first kappa shape index (κ1) is 13.8. The Morgan fingerprint density at radius 3 is 2.71 bits per heavy atom. The molecule has 1 aromatic rings. The maximum atomic E-state index is 12.3. The normalized spacial score (nSPS) is 13.1. The van der Waals surface area contributed by atoms with Crippen molar-refractivity contribution < 1.29 is 18.3 Å². The van der Waals surface area contributed by atoms with Gasteiger partial charge in [-0.15, -0.1) is 5.10 Å². The molecule has 1 heterocycles. The molecule has 0 amide bonds. The van der Waals surface area contributed by atoms with Crippen molar-refractivity contribution in [1.29, 1.82) is 0 Å². The lowest BCUT2D eigenvalue weighted by atomic mass is 10.3. The number of alkyl halides is 2. The number of aliphatic hydroxyl groups excluding tert-OH is 1. The molecule has 98 valence electrons. The van der Waals surface area contributed by atoms with Gasteiger partial charge in [0.1, 0.15) is 0 Å². The SMILES string of the molecule is CNC(C)c1nnc(N(CCO)CC(F)F)o1. The lowest BCUT2D eigenvalue weighted by Crippen LogP contribution is -2.31. The van der Waals surface area contributed by atoms with Crippen LogP contribution in [0.2, 0.25) is 0 Å². The van der Waals surface area contributed by atoms with Gasteiger partial charge in [-0.2, -0.15) is 0 Å². The number of aromatic nitrogens is 2. The molecule has 1 atom stereocenters. The van der Waals surface area contributed by atoms with E-state index in [1.165, 1.54) is 0 Å². The van der Waals surface area contributed by atoms with Crippen LogP contribution in [0.25, 0.3) is 0 Å². The van der Waals surface area contributed by atoms with Gasteiger partial charge in [0.25, 0.3) is 6.43 Å². The van der Waals surface area contributed by atoms with E-state index in [9.17, 15) is 8.78 Å². The van der Waals surface area contributed by atoms with E-state index in [1.807, 2.05) is 0 Å². The molecule has 1 unspecified atom stereocenters. The molecular formula is C9H16F2N4O2. The van der Waals surface area contributed by atoms with E-state index in [-0.39, 0.29) is 25.2 Å². The third kappa shape index (κ3) is 3.90. The lowest BCUT2D eigenvalue weighted by molar-refractivity contribution is 0.150. The Morgan fingerprint density at radius 1 is 1.47 bits per heavy atom. The fourth-order valence-electron chi connectivity index (χ4n) is 1.20. The molecule has 0 fully saturated rings. The zero-order valence-corrected chi connectivity index (χ0v) is 9.73. The number of rotatable bonds is 7. The summed E-state index contributed by atoms with van der Waals surface area (Å²) in [5.74, 6) is 0.319. The molecule has 0 saturated carbocycles. The van der Waals surface area contributed by atoms with Gasteiger partial charge in [-0.25, -0.2) is 8.78 Å². The Morgan fingerprint density at radius 2 is 2.18 bits per heavy atom. The minimum absolute atomic E-state index is 0.00329. The van der Waals surface area contributed by atoms with Crippen LogP contribution < -0.4 is 10.2 Å². The summed E-state index contributed by atoms with van der Waals surface area (Å²) in [4.78, 5) is 1.16. The van der Waals surface area contributed by atoms with Crippen LogP contribution >= 0.6 is 0 Å². The van der Waals surface area contributed by atoms with E-state index >= 15 is 0 Å². The first-order chi connectivity index (χ1) is 8.08. The van der Waals surface area contributed by atoms with Crippen LogP contribution in [-0.2, 0) is 0 Å². The smallest absolute Gasteiger partial charge is 0.318 e. The first-order valence-corrected chi connectivity index (χ1v) is 5.23. The van der Waals surface area contributed by atoms with Crippen LogP contribution in [-0.4, -0.2) is 48.5 Å². The average Bonchev–Trinajstić information content (AvgIpc) is 2.76. The molecule has 0 aromatic carbocycles. The summed E-state index contributed by atoms with van der Waals surface area (Å²) in [6, 6.07) is -0.157. The van der Waals surface area contributed by atoms with Gasteiger partial charge in [-0.1, -0.05) is 5.10 Å². The second-order valence-electron chi connectivity index (χ2n) is 3.49. The fraction of sp³-hybridized carbons (Fsp3) is 0.778. The van der Waals surface area contributed by atoms with Gasteiger partial charge in [0.05, 0.1) is 19.2 Å². The maximum Gasteiger partial charge on any atom is 0.318 e. The zero-order chi connectivity index (χ0) is 12.8. The minimum Gasteiger partial charge on any atom is -0.406 e. The molecule has 0 spiro atoms. The van der Waals surface area contributed by atoms with E-state index in [4.69, 9.17) is 9.52 Å². The minimum atomic E-state index is -2.53. The number of hydrogen-bond donors (Lipinski definition) is 2. The maximum absolute atomic E-state index is 12.3. The van der Waals surface area contributed by atoms with E-state index in [0.29, 0.717) is 5.89 Å². The van der Waals surface area contributed by atoms with Gasteiger partial charge in [0.15, 0.2) is 0 Å². The Bertz CT molecular complexity index is 335. The number of nitrogens with zero attached hydrogens (tertiary/aromatic N) is 3. The van der Waals surface area contributed by atoms with Crippen molar-refractivity contribution in [2.24, 2.45) is 0 Å². The molecule has 0 aliphatic heterocycles. The Kier molecular flexibility index (Phi) is 5.23. The van der Waals surface area contributed by atoms with Gasteiger partial charge in [0, 0.05) is 6.54 Å². The second kappa shape index (κ2) is 6.45. The molecule has 1 aromatic heterocycles. The lowest BCUT2D eigenvalue weighted by Gasteiger charge is -2.17. The van der Waals surface area contributed by atoms with Gasteiger partial charge >= 0.3 is 6.01 Å². The highest BCUT2D eigenvalue weighted by atomic mass is 19.3. The molecule has 0 aliphatic carbocycles. The first-order valence-electron chi connectivity index (χ1n) is 5.23. The van der Waals surface area contributed by atoms with Crippen molar-refractivity contribution in [3.8, 4) is 0 Å². The summed E-state index contributed by atoms with van der Waals surface area (Å²) in [5.41, 5.74) is 0. The largest absolute Gasteiger partial charge is 0.406 e. The van der Waals surface area contributed by atoms with Crippen molar-refractivity contribution in [3.05, 3.63) is 5.89 Å². The summed E-state index contributed by atoms with van der Waals surface area (Å²) < 4.78 is 29.8. The van der Waals surface area contributed by atoms with Crippen LogP contribution in [0.15, 0.2) is 4.42 Å². The van der Waals surface area contributed by atoms with Crippen LogP contribution in [0.5, 0.6) is 0 Å². The van der Waals surface area contributed by atoms with Crippen molar-refractivity contribution >= 4 is 6.01 Å². The van der Waals surface area contributed by atoms with E-state index in [0.717, 1.165) is 4.90 Å². The van der Waals surface area contributed by atoms with Gasteiger partial charge < -0.3 is 19.7 Å². The standard InChI is InChI=1S/C9H16F2N4O2/c1-6(12-2)8-13-14-9(17-8)15(3-4-16)5-7(10)11/h6-7,12,16H,3-5H2,1-2H3. The molecule has 0 radical (unpaired) electrons. The number of hydrogen-bond acceptors (Lipinski definition) is 6. The van der Waals surface area contributed by atoms with Gasteiger partial charge in [-0.05, 0) is 14.0 Å². The summed E-state index contributed by atoms with van der Waals surface area (Å²) in [5, 5.41) is 19.1. The molecule has 0 saturated heterocycles. The fourth-order valence-corrected chi connectivity index (χ4v) is 1.20. The van der Waals surface area contributed by atoms with E-state index in [1.54, 1.807) is 14.0 Å². The predicted molar refractivity (Wildman–Crippen MR) is 57.1 cm³/mol. The van der Waals surface area contributed by atoms with Gasteiger partial charge in [0.2, 0.25) is 5.89 Å². The molecule has 2 N–H and O–H groups in total. The molecule has 8 heteroatoms. The van der Waals surface area contributed by atoms with Crippen LogP contribution in [0.4, 0.5) is 14.8 Å². The zero-order valence-electron chi connectivity index (χ0n) is 9.73. The Hall–Kier alpha value is -1.28. The van der Waals surface area contributed by atoms with Crippen LogP contribution in [0, 0.1) is 0 Å². The highest BCUT2D eigenvalue weighted by Gasteiger charge is 2.19. The third-order valence-corrected chi connectivity index (χ3v) is 2.23. The molecule has 17 heavy (non-hydrogen) atoms. The van der Waals surface area contributed by atoms with Crippen LogP contribution in [0.1, 0.15) is 18.9 Å². The van der Waals surface area contributed by atoms with Gasteiger partial charge in [-0.3, -0.25) is 0 Å². The molecular weight excluding hydrogens is 234 g/mol. The number of anilines is 1. The third-order valence-electron chi connectivity index (χ3n) is 2.23. The highest BCUT2D eigenvalue weighted by Crippen LogP contribution is 2.17. The number of nitrogens with one attached hydrogen (secondary N) is 1. The van der Waals surface area contributed by atoms with E-state index in [2.05, 4.69) is 15.5 Å². The van der Waals surface area contributed by atoms with Crippen molar-refractivity contribution in [3.63, 3.8) is 0 Å². The topological polar surface area (TPSA) is 74.4 Å². The summed E-state index contributed by atoms with van der Waals surface area (Å²) in [6.07, 6.45) is -2.53. The molecule has 1 rings (SSSR count). The van der Waals surface area contributed by atoms with E-state index < -0.39 is 13.0 Å². The predicted octanol–water partition coefficient (Wildman–Crippen LogP) is 0.414.